The quantitative estimate of drug-likeness (QED) is 0.842. The van der Waals surface area contributed by atoms with E-state index in [1.807, 2.05) is 30.3 Å². The van der Waals surface area contributed by atoms with E-state index in [2.05, 4.69) is 12.2 Å². The van der Waals surface area contributed by atoms with Crippen LogP contribution in [0, 0.1) is 0 Å². The lowest BCUT2D eigenvalue weighted by Gasteiger charge is -2.32. The van der Waals surface area contributed by atoms with Crippen LogP contribution in [0.1, 0.15) is 39.0 Å². The molecule has 0 heterocycles. The summed E-state index contributed by atoms with van der Waals surface area (Å²) in [5.41, 5.74) is 0. The van der Waals surface area contributed by atoms with E-state index in [1.165, 1.54) is 32.1 Å². The molecule has 2 unspecified atom stereocenters. The molecule has 2 heteroatoms. The lowest BCUT2D eigenvalue weighted by atomic mass is 9.92. The molecule has 2 rings (SSSR count). The third-order valence-corrected chi connectivity index (χ3v) is 3.39. The molecule has 0 radical (unpaired) electrons. The van der Waals surface area contributed by atoms with Gasteiger partial charge in [0.2, 0.25) is 0 Å². The van der Waals surface area contributed by atoms with Crippen molar-refractivity contribution >= 4 is 0 Å². The second kappa shape index (κ2) is 6.65. The Kier molecular flexibility index (Phi) is 4.87. The number of hydrogen-bond acceptors (Lipinski definition) is 2. The first-order chi connectivity index (χ1) is 8.40. The van der Waals surface area contributed by atoms with Gasteiger partial charge < -0.3 is 10.1 Å². The third kappa shape index (κ3) is 3.74. The Balaban J connectivity index is 1.92. The number of nitrogens with one attached hydrogen (secondary N) is 1. The van der Waals surface area contributed by atoms with Crippen molar-refractivity contribution in [2.24, 2.45) is 0 Å². The van der Waals surface area contributed by atoms with Gasteiger partial charge >= 0.3 is 0 Å². The second-order valence-electron chi connectivity index (χ2n) is 4.81. The minimum absolute atomic E-state index is 0.345. The zero-order valence-corrected chi connectivity index (χ0v) is 10.7. The number of hydrogen-bond donors (Lipinski definition) is 1. The normalized spacial score (nSPS) is 24.5. The summed E-state index contributed by atoms with van der Waals surface area (Å²) >= 11 is 0. The van der Waals surface area contributed by atoms with Crippen molar-refractivity contribution in [2.75, 3.05) is 6.54 Å². The van der Waals surface area contributed by atoms with Crippen molar-refractivity contribution in [3.8, 4) is 5.75 Å². The van der Waals surface area contributed by atoms with Crippen molar-refractivity contribution in [1.82, 2.24) is 5.32 Å². The summed E-state index contributed by atoms with van der Waals surface area (Å²) in [7, 11) is 0. The molecule has 2 nitrogen and oxygen atoms in total. The molecule has 0 bridgehead atoms. The Morgan fingerprint density at radius 3 is 2.71 bits per heavy atom. The lowest BCUT2D eigenvalue weighted by molar-refractivity contribution is 0.114. The van der Waals surface area contributed by atoms with Gasteiger partial charge in [0.1, 0.15) is 11.9 Å². The first-order valence-corrected chi connectivity index (χ1v) is 6.85. The fourth-order valence-electron chi connectivity index (χ4n) is 2.48. The lowest BCUT2D eigenvalue weighted by Crippen LogP contribution is -2.45. The molecule has 2 atom stereocenters. The van der Waals surface area contributed by atoms with Gasteiger partial charge in [-0.05, 0) is 44.4 Å². The van der Waals surface area contributed by atoms with Crippen LogP contribution in [0.2, 0.25) is 0 Å². The van der Waals surface area contributed by atoms with E-state index in [0.29, 0.717) is 12.1 Å². The monoisotopic (exact) mass is 233 g/mol. The molecule has 0 spiro atoms. The van der Waals surface area contributed by atoms with E-state index >= 15 is 0 Å². The summed E-state index contributed by atoms with van der Waals surface area (Å²) < 4.78 is 6.10. The van der Waals surface area contributed by atoms with Crippen LogP contribution < -0.4 is 10.1 Å². The molecule has 0 aliphatic heterocycles. The molecule has 1 fully saturated rings. The molecule has 1 aromatic rings. The van der Waals surface area contributed by atoms with Crippen molar-refractivity contribution in [3.63, 3.8) is 0 Å². The molecule has 1 N–H and O–H groups in total. The molecular formula is C15H23NO. The van der Waals surface area contributed by atoms with Gasteiger partial charge in [-0.3, -0.25) is 0 Å². The molecular weight excluding hydrogens is 210 g/mol. The van der Waals surface area contributed by atoms with Gasteiger partial charge in [-0.15, -0.1) is 0 Å². The minimum Gasteiger partial charge on any atom is -0.489 e. The van der Waals surface area contributed by atoms with Crippen molar-refractivity contribution < 1.29 is 4.74 Å². The minimum atomic E-state index is 0.345. The summed E-state index contributed by atoms with van der Waals surface area (Å²) in [6, 6.07) is 10.7. The summed E-state index contributed by atoms with van der Waals surface area (Å²) in [6.07, 6.45) is 6.58. The molecule has 0 amide bonds. The first kappa shape index (κ1) is 12.4. The van der Waals surface area contributed by atoms with Crippen LogP contribution in [0.4, 0.5) is 0 Å². The van der Waals surface area contributed by atoms with Crippen LogP contribution in [0.5, 0.6) is 5.75 Å². The van der Waals surface area contributed by atoms with E-state index in [-0.39, 0.29) is 0 Å². The largest absolute Gasteiger partial charge is 0.489 e. The van der Waals surface area contributed by atoms with Gasteiger partial charge in [-0.1, -0.05) is 31.5 Å². The Bertz CT molecular complexity index is 312. The van der Waals surface area contributed by atoms with Gasteiger partial charge in [-0.25, -0.2) is 0 Å². The fraction of sp³-hybridized carbons (Fsp3) is 0.600. The number of para-hydroxylation sites is 1. The highest BCUT2D eigenvalue weighted by Gasteiger charge is 2.25. The highest BCUT2D eigenvalue weighted by Crippen LogP contribution is 2.23. The molecule has 0 saturated heterocycles. The number of rotatable bonds is 5. The highest BCUT2D eigenvalue weighted by molar-refractivity contribution is 5.21. The maximum atomic E-state index is 6.10. The standard InChI is InChI=1S/C15H23NO/c1-2-12-16-14-10-6-7-11-15(14)17-13-8-4-3-5-9-13/h3-5,8-9,14-16H,2,6-7,10-12H2,1H3. The summed E-state index contributed by atoms with van der Waals surface area (Å²) in [4.78, 5) is 0. The van der Waals surface area contributed by atoms with E-state index < -0.39 is 0 Å². The van der Waals surface area contributed by atoms with Crippen LogP contribution >= 0.6 is 0 Å². The maximum Gasteiger partial charge on any atom is 0.119 e. The smallest absolute Gasteiger partial charge is 0.119 e. The molecule has 1 saturated carbocycles. The summed E-state index contributed by atoms with van der Waals surface area (Å²) in [5.74, 6) is 1.00. The van der Waals surface area contributed by atoms with Gasteiger partial charge in [0.05, 0.1) is 0 Å². The van der Waals surface area contributed by atoms with Crippen LogP contribution in [-0.4, -0.2) is 18.7 Å². The van der Waals surface area contributed by atoms with E-state index in [0.717, 1.165) is 12.3 Å². The third-order valence-electron chi connectivity index (χ3n) is 3.39. The maximum absolute atomic E-state index is 6.10. The topological polar surface area (TPSA) is 21.3 Å². The molecule has 1 aromatic carbocycles. The Morgan fingerprint density at radius 1 is 1.18 bits per heavy atom. The molecule has 1 aliphatic rings. The summed E-state index contributed by atoms with van der Waals surface area (Å²) in [6.45, 7) is 3.31. The molecule has 94 valence electrons. The number of ether oxygens (including phenoxy) is 1. The Labute approximate surface area is 104 Å². The van der Waals surface area contributed by atoms with Crippen LogP contribution in [0.3, 0.4) is 0 Å². The number of benzene rings is 1. The van der Waals surface area contributed by atoms with Gasteiger partial charge in [0, 0.05) is 6.04 Å². The molecule has 17 heavy (non-hydrogen) atoms. The van der Waals surface area contributed by atoms with Crippen LogP contribution in [0.25, 0.3) is 0 Å². The predicted molar refractivity (Wildman–Crippen MR) is 71.4 cm³/mol. The predicted octanol–water partition coefficient (Wildman–Crippen LogP) is 3.38. The van der Waals surface area contributed by atoms with E-state index in [9.17, 15) is 0 Å². The van der Waals surface area contributed by atoms with Crippen LogP contribution in [0.15, 0.2) is 30.3 Å². The first-order valence-electron chi connectivity index (χ1n) is 6.85. The fourth-order valence-corrected chi connectivity index (χ4v) is 2.48. The van der Waals surface area contributed by atoms with E-state index in [4.69, 9.17) is 4.74 Å². The van der Waals surface area contributed by atoms with Gasteiger partial charge in [-0.2, -0.15) is 0 Å². The van der Waals surface area contributed by atoms with Crippen molar-refractivity contribution in [3.05, 3.63) is 30.3 Å². The van der Waals surface area contributed by atoms with Crippen molar-refractivity contribution in [1.29, 1.82) is 0 Å². The highest BCUT2D eigenvalue weighted by atomic mass is 16.5. The summed E-state index contributed by atoms with van der Waals surface area (Å²) in [5, 5.41) is 3.62. The van der Waals surface area contributed by atoms with Gasteiger partial charge in [0.25, 0.3) is 0 Å². The Hall–Kier alpha value is -1.02. The van der Waals surface area contributed by atoms with E-state index in [1.54, 1.807) is 0 Å². The zero-order valence-electron chi connectivity index (χ0n) is 10.7. The average Bonchev–Trinajstić information content (AvgIpc) is 2.39. The van der Waals surface area contributed by atoms with Crippen molar-refractivity contribution in [2.45, 2.75) is 51.2 Å². The SMILES string of the molecule is CCCNC1CCCCC1Oc1ccccc1. The van der Waals surface area contributed by atoms with Crippen LogP contribution in [-0.2, 0) is 0 Å². The second-order valence-corrected chi connectivity index (χ2v) is 4.81. The zero-order chi connectivity index (χ0) is 11.9. The Morgan fingerprint density at radius 2 is 1.94 bits per heavy atom. The average molecular weight is 233 g/mol. The van der Waals surface area contributed by atoms with Gasteiger partial charge in [0.15, 0.2) is 0 Å². The molecule has 1 aliphatic carbocycles. The molecule has 0 aromatic heterocycles.